The molecule has 2 aliphatic carbocycles. The quantitative estimate of drug-likeness (QED) is 0.163. The normalized spacial score (nSPS) is 13.0. The Morgan fingerprint density at radius 3 is 1.70 bits per heavy atom. The molecule has 0 aliphatic heterocycles. The molecule has 60 heavy (non-hydrogen) atoms. The fourth-order valence-electron chi connectivity index (χ4n) is 10.3. The molecule has 1 nitrogen and oxygen atoms in total. The van der Waals surface area contributed by atoms with Gasteiger partial charge in [-0.2, -0.15) is 0 Å². The predicted octanol–water partition coefficient (Wildman–Crippen LogP) is 16.4. The van der Waals surface area contributed by atoms with E-state index in [0.29, 0.717) is 0 Å². The van der Waals surface area contributed by atoms with E-state index in [9.17, 15) is 0 Å². The van der Waals surface area contributed by atoms with Crippen molar-refractivity contribution in [3.63, 3.8) is 0 Å². The molecule has 0 amide bonds. The van der Waals surface area contributed by atoms with E-state index in [1.54, 1.807) is 0 Å². The van der Waals surface area contributed by atoms with Crippen molar-refractivity contribution in [1.82, 2.24) is 0 Å². The zero-order chi connectivity index (χ0) is 40.0. The van der Waals surface area contributed by atoms with Crippen molar-refractivity contribution in [2.75, 3.05) is 4.90 Å². The van der Waals surface area contributed by atoms with Crippen LogP contribution in [0.5, 0.6) is 0 Å². The molecule has 2 aliphatic rings. The van der Waals surface area contributed by atoms with Gasteiger partial charge in [0.05, 0.1) is 5.69 Å². The van der Waals surface area contributed by atoms with Gasteiger partial charge in [-0.15, -0.1) is 0 Å². The Hall–Kier alpha value is -7.48. The van der Waals surface area contributed by atoms with Crippen LogP contribution in [0.25, 0.3) is 88.3 Å². The van der Waals surface area contributed by atoms with Crippen LogP contribution in [-0.4, -0.2) is 0 Å². The van der Waals surface area contributed by atoms with Gasteiger partial charge in [-0.1, -0.05) is 190 Å². The summed E-state index contributed by atoms with van der Waals surface area (Å²) in [5.74, 6) is 0. The van der Waals surface area contributed by atoms with Gasteiger partial charge >= 0.3 is 0 Å². The number of hydrogen-bond donors (Lipinski definition) is 0. The van der Waals surface area contributed by atoms with Gasteiger partial charge in [-0.3, -0.25) is 0 Å². The van der Waals surface area contributed by atoms with Gasteiger partial charge in [0, 0.05) is 22.4 Å². The Kier molecular flexibility index (Phi) is 7.65. The minimum absolute atomic E-state index is 0.0957. The molecule has 0 saturated heterocycles. The Labute approximate surface area is 351 Å². The zero-order valence-electron chi connectivity index (χ0n) is 33.7. The summed E-state index contributed by atoms with van der Waals surface area (Å²) in [7, 11) is 0. The highest BCUT2D eigenvalue weighted by Crippen LogP contribution is 2.55. The van der Waals surface area contributed by atoms with Gasteiger partial charge in [0.1, 0.15) is 0 Å². The van der Waals surface area contributed by atoms with Crippen molar-refractivity contribution < 1.29 is 0 Å². The van der Waals surface area contributed by atoms with Crippen LogP contribution in [0.15, 0.2) is 212 Å². The number of hydrogen-bond acceptors (Lipinski definition) is 1. The monoisotopic (exact) mass is 763 g/mol. The Balaban J connectivity index is 0.967. The molecule has 0 atom stereocenters. The van der Waals surface area contributed by atoms with E-state index in [2.05, 4.69) is 231 Å². The minimum Gasteiger partial charge on any atom is -0.310 e. The molecule has 10 aromatic carbocycles. The minimum atomic E-state index is -0.0957. The molecule has 282 valence electrons. The van der Waals surface area contributed by atoms with E-state index < -0.39 is 0 Å². The lowest BCUT2D eigenvalue weighted by Crippen LogP contribution is -2.16. The SMILES string of the molecule is CC1(C)c2ccccc2-c2c(N(c3ccc(-c4ccccc4)cc3)c3ccc(-c4ccc5c6c(cccc46)-c4ccc(-c6cccc7ccccc67)cc4-5)cc3)cccc21. The van der Waals surface area contributed by atoms with Crippen LogP contribution in [0.4, 0.5) is 17.1 Å². The molecule has 0 N–H and O–H groups in total. The number of fused-ring (bicyclic) bond motifs is 7. The maximum Gasteiger partial charge on any atom is 0.0543 e. The van der Waals surface area contributed by atoms with Crippen LogP contribution in [-0.2, 0) is 5.41 Å². The molecule has 0 aromatic heterocycles. The lowest BCUT2D eigenvalue weighted by molar-refractivity contribution is 0.660. The summed E-state index contributed by atoms with van der Waals surface area (Å²) >= 11 is 0. The third-order valence-corrected chi connectivity index (χ3v) is 13.2. The van der Waals surface area contributed by atoms with E-state index >= 15 is 0 Å². The molecule has 0 bridgehead atoms. The van der Waals surface area contributed by atoms with Gasteiger partial charge in [0.15, 0.2) is 0 Å². The topological polar surface area (TPSA) is 3.24 Å². The van der Waals surface area contributed by atoms with Crippen molar-refractivity contribution in [2.24, 2.45) is 0 Å². The molecular formula is C59H41N. The van der Waals surface area contributed by atoms with Crippen molar-refractivity contribution >= 4 is 38.6 Å². The predicted molar refractivity (Wildman–Crippen MR) is 254 cm³/mol. The van der Waals surface area contributed by atoms with Gasteiger partial charge in [-0.25, -0.2) is 0 Å². The lowest BCUT2D eigenvalue weighted by Gasteiger charge is -2.29. The van der Waals surface area contributed by atoms with Crippen molar-refractivity contribution in [1.29, 1.82) is 0 Å². The van der Waals surface area contributed by atoms with E-state index in [1.165, 1.54) is 105 Å². The number of benzene rings is 10. The van der Waals surface area contributed by atoms with Crippen molar-refractivity contribution in [3.05, 3.63) is 223 Å². The van der Waals surface area contributed by atoms with E-state index in [0.717, 1.165) is 11.4 Å². The summed E-state index contributed by atoms with van der Waals surface area (Å²) in [4.78, 5) is 2.45. The van der Waals surface area contributed by atoms with Crippen molar-refractivity contribution in [2.45, 2.75) is 19.3 Å². The van der Waals surface area contributed by atoms with E-state index in [-0.39, 0.29) is 5.41 Å². The van der Waals surface area contributed by atoms with Gasteiger partial charge < -0.3 is 4.90 Å². The van der Waals surface area contributed by atoms with Gasteiger partial charge in [-0.05, 0) is 130 Å². The number of rotatable bonds is 6. The standard InChI is InChI=1S/C59H41N/c1-59(2)54-22-9-8-18-52(54)58-55(59)23-12-24-56(58)60(43-30-25-39(26-31-43)38-13-4-3-5-14-38)44-32-27-41(28-33-44)47-35-36-51-53-37-42(46-19-10-16-40-15-6-7-17-45(40)46)29-34-48(53)50-21-11-20-49(47)57(50)51/h3-37H,1-2H3. The molecule has 0 saturated carbocycles. The first-order chi connectivity index (χ1) is 29.5. The highest BCUT2D eigenvalue weighted by atomic mass is 15.1. The summed E-state index contributed by atoms with van der Waals surface area (Å²) in [5, 5.41) is 5.18. The van der Waals surface area contributed by atoms with Crippen LogP contribution in [0.3, 0.4) is 0 Å². The van der Waals surface area contributed by atoms with E-state index in [4.69, 9.17) is 0 Å². The van der Waals surface area contributed by atoms with Crippen LogP contribution in [0.1, 0.15) is 25.0 Å². The Morgan fingerprint density at radius 1 is 0.333 bits per heavy atom. The highest BCUT2D eigenvalue weighted by molar-refractivity contribution is 6.19. The summed E-state index contributed by atoms with van der Waals surface area (Å²) < 4.78 is 0. The summed E-state index contributed by atoms with van der Waals surface area (Å²) in [5.41, 5.74) is 21.4. The molecule has 0 heterocycles. The lowest BCUT2D eigenvalue weighted by atomic mass is 9.82. The highest BCUT2D eigenvalue weighted by Gasteiger charge is 2.37. The summed E-state index contributed by atoms with van der Waals surface area (Å²) in [6, 6.07) is 78.6. The molecule has 1 heteroatoms. The fourth-order valence-corrected chi connectivity index (χ4v) is 10.3. The molecular weight excluding hydrogens is 723 g/mol. The summed E-state index contributed by atoms with van der Waals surface area (Å²) in [6.45, 7) is 4.71. The molecule has 0 unspecified atom stereocenters. The average Bonchev–Trinajstić information content (AvgIpc) is 3.76. The second-order valence-corrected chi connectivity index (χ2v) is 16.8. The average molecular weight is 764 g/mol. The molecule has 0 fully saturated rings. The number of anilines is 3. The Bertz CT molecular complexity index is 3310. The fraction of sp³-hybridized carbons (Fsp3) is 0.0508. The maximum absolute atomic E-state index is 2.45. The maximum atomic E-state index is 2.45. The third-order valence-electron chi connectivity index (χ3n) is 13.2. The summed E-state index contributed by atoms with van der Waals surface area (Å²) in [6.07, 6.45) is 0. The van der Waals surface area contributed by atoms with Crippen LogP contribution in [0, 0.1) is 0 Å². The molecule has 12 rings (SSSR count). The van der Waals surface area contributed by atoms with Gasteiger partial charge in [0.2, 0.25) is 0 Å². The van der Waals surface area contributed by atoms with Crippen LogP contribution in [0.2, 0.25) is 0 Å². The van der Waals surface area contributed by atoms with Gasteiger partial charge in [0.25, 0.3) is 0 Å². The first kappa shape index (κ1) is 34.6. The molecule has 0 radical (unpaired) electrons. The largest absolute Gasteiger partial charge is 0.310 e. The molecule has 10 aromatic rings. The Morgan fingerprint density at radius 2 is 0.867 bits per heavy atom. The third kappa shape index (κ3) is 5.19. The van der Waals surface area contributed by atoms with Crippen molar-refractivity contribution in [3.8, 4) is 66.8 Å². The first-order valence-electron chi connectivity index (χ1n) is 21.0. The molecule has 0 spiro atoms. The smallest absolute Gasteiger partial charge is 0.0543 e. The van der Waals surface area contributed by atoms with E-state index in [1.807, 2.05) is 0 Å². The second-order valence-electron chi connectivity index (χ2n) is 16.8. The van der Waals surface area contributed by atoms with Crippen LogP contribution < -0.4 is 4.90 Å². The number of nitrogens with zero attached hydrogens (tertiary/aromatic N) is 1. The first-order valence-corrected chi connectivity index (χ1v) is 21.0. The van der Waals surface area contributed by atoms with Crippen LogP contribution >= 0.6 is 0 Å². The second kappa shape index (κ2) is 13.3. The zero-order valence-corrected chi connectivity index (χ0v) is 33.7.